The molecule has 1 heterocycles. The van der Waals surface area contributed by atoms with Crippen molar-refractivity contribution >= 4 is 23.3 Å². The lowest BCUT2D eigenvalue weighted by Gasteiger charge is -2.05. The van der Waals surface area contributed by atoms with Crippen LogP contribution in [0.4, 0.5) is 0 Å². The predicted octanol–water partition coefficient (Wildman–Crippen LogP) is 4.82. The van der Waals surface area contributed by atoms with Crippen LogP contribution in [0, 0.1) is 13.8 Å². The van der Waals surface area contributed by atoms with Crippen LogP contribution in [-0.2, 0) is 11.3 Å². The summed E-state index contributed by atoms with van der Waals surface area (Å²) in [7, 11) is 0. The highest BCUT2D eigenvalue weighted by Crippen LogP contribution is 2.20. The van der Waals surface area contributed by atoms with Gasteiger partial charge in [0.2, 0.25) is 5.91 Å². The topological polar surface area (TPSA) is 29.1 Å². The van der Waals surface area contributed by atoms with E-state index in [4.69, 9.17) is 0 Å². The van der Waals surface area contributed by atoms with Gasteiger partial charge in [-0.1, -0.05) is 38.1 Å². The standard InChI is InChI=1S/C19H23NOS/c1-13(2)17-8-5-16(6-9-17)7-10-19(21)20-11-18-12-22-15(4)14(18)3/h5-10,12-13H,11H2,1-4H3,(H,20,21)/b10-7+. The Morgan fingerprint density at radius 2 is 1.91 bits per heavy atom. The highest BCUT2D eigenvalue weighted by Gasteiger charge is 2.04. The molecule has 0 aliphatic carbocycles. The van der Waals surface area contributed by atoms with Gasteiger partial charge in [-0.3, -0.25) is 4.79 Å². The molecule has 1 aromatic carbocycles. The van der Waals surface area contributed by atoms with Crippen LogP contribution in [0.3, 0.4) is 0 Å². The van der Waals surface area contributed by atoms with E-state index in [0.717, 1.165) is 5.56 Å². The van der Waals surface area contributed by atoms with Crippen LogP contribution in [-0.4, -0.2) is 5.91 Å². The zero-order valence-electron chi connectivity index (χ0n) is 13.6. The molecule has 0 saturated heterocycles. The smallest absolute Gasteiger partial charge is 0.244 e. The van der Waals surface area contributed by atoms with Crippen LogP contribution in [0.15, 0.2) is 35.7 Å². The van der Waals surface area contributed by atoms with E-state index in [9.17, 15) is 4.79 Å². The van der Waals surface area contributed by atoms with Crippen molar-refractivity contribution in [3.05, 3.63) is 62.9 Å². The Balaban J connectivity index is 1.89. The Hall–Kier alpha value is -1.87. The second-order valence-electron chi connectivity index (χ2n) is 5.81. The second kappa shape index (κ2) is 7.41. The van der Waals surface area contributed by atoms with Crippen molar-refractivity contribution in [2.75, 3.05) is 0 Å². The Morgan fingerprint density at radius 1 is 1.23 bits per heavy atom. The van der Waals surface area contributed by atoms with Gasteiger partial charge in [0.1, 0.15) is 0 Å². The first-order valence-electron chi connectivity index (χ1n) is 7.57. The van der Waals surface area contributed by atoms with E-state index in [-0.39, 0.29) is 5.91 Å². The Bertz CT molecular complexity index is 665. The number of hydrogen-bond acceptors (Lipinski definition) is 2. The van der Waals surface area contributed by atoms with E-state index < -0.39 is 0 Å². The normalized spacial score (nSPS) is 11.3. The van der Waals surface area contributed by atoms with Gasteiger partial charge in [0.25, 0.3) is 0 Å². The lowest BCUT2D eigenvalue weighted by Crippen LogP contribution is -2.20. The van der Waals surface area contributed by atoms with E-state index in [1.165, 1.54) is 21.6 Å². The molecule has 2 rings (SSSR count). The maximum absolute atomic E-state index is 11.9. The fourth-order valence-electron chi connectivity index (χ4n) is 2.14. The van der Waals surface area contributed by atoms with Gasteiger partial charge in [0, 0.05) is 17.5 Å². The average Bonchev–Trinajstić information content (AvgIpc) is 2.83. The minimum atomic E-state index is -0.0591. The molecular formula is C19H23NOS. The summed E-state index contributed by atoms with van der Waals surface area (Å²) in [5, 5.41) is 5.04. The molecule has 2 nitrogen and oxygen atoms in total. The Kier molecular flexibility index (Phi) is 5.56. The molecular weight excluding hydrogens is 290 g/mol. The first-order valence-corrected chi connectivity index (χ1v) is 8.44. The number of carbonyl (C=O) groups excluding carboxylic acids is 1. The number of rotatable bonds is 5. The van der Waals surface area contributed by atoms with Crippen molar-refractivity contribution in [1.82, 2.24) is 5.32 Å². The minimum Gasteiger partial charge on any atom is -0.348 e. The lowest BCUT2D eigenvalue weighted by molar-refractivity contribution is -0.116. The summed E-state index contributed by atoms with van der Waals surface area (Å²) in [5.41, 5.74) is 4.83. The molecule has 116 valence electrons. The van der Waals surface area contributed by atoms with Crippen molar-refractivity contribution in [1.29, 1.82) is 0 Å². The van der Waals surface area contributed by atoms with Crippen LogP contribution in [0.1, 0.15) is 46.9 Å². The molecule has 0 bridgehead atoms. The van der Waals surface area contributed by atoms with Crippen LogP contribution in [0.25, 0.3) is 6.08 Å². The number of carbonyl (C=O) groups is 1. The van der Waals surface area contributed by atoms with Gasteiger partial charge in [-0.15, -0.1) is 11.3 Å². The van der Waals surface area contributed by atoms with E-state index >= 15 is 0 Å². The summed E-state index contributed by atoms with van der Waals surface area (Å²) in [4.78, 5) is 13.2. The van der Waals surface area contributed by atoms with Crippen LogP contribution >= 0.6 is 11.3 Å². The summed E-state index contributed by atoms with van der Waals surface area (Å²) in [6.45, 7) is 9.13. The maximum Gasteiger partial charge on any atom is 0.244 e. The third kappa shape index (κ3) is 4.31. The predicted molar refractivity (Wildman–Crippen MR) is 95.2 cm³/mol. The molecule has 2 aromatic rings. The third-order valence-corrected chi connectivity index (χ3v) is 4.93. The number of aryl methyl sites for hydroxylation is 1. The molecule has 0 spiro atoms. The zero-order valence-corrected chi connectivity index (χ0v) is 14.5. The first-order chi connectivity index (χ1) is 10.5. The zero-order chi connectivity index (χ0) is 16.1. The summed E-state index contributed by atoms with van der Waals surface area (Å²) in [6, 6.07) is 8.32. The van der Waals surface area contributed by atoms with Gasteiger partial charge in [0.05, 0.1) is 0 Å². The van der Waals surface area contributed by atoms with E-state index in [1.54, 1.807) is 17.4 Å². The van der Waals surface area contributed by atoms with Gasteiger partial charge in [-0.05, 0) is 53.5 Å². The molecule has 3 heteroatoms. The average molecular weight is 313 g/mol. The van der Waals surface area contributed by atoms with Gasteiger partial charge in [0.15, 0.2) is 0 Å². The van der Waals surface area contributed by atoms with Crippen molar-refractivity contribution in [3.63, 3.8) is 0 Å². The van der Waals surface area contributed by atoms with E-state index in [0.29, 0.717) is 12.5 Å². The molecule has 1 N–H and O–H groups in total. The summed E-state index contributed by atoms with van der Waals surface area (Å²) >= 11 is 1.73. The number of benzene rings is 1. The maximum atomic E-state index is 11.9. The van der Waals surface area contributed by atoms with Gasteiger partial charge >= 0.3 is 0 Å². The third-order valence-electron chi connectivity index (χ3n) is 3.87. The fourth-order valence-corrected chi connectivity index (χ4v) is 3.03. The number of thiophene rings is 1. The molecule has 0 saturated carbocycles. The van der Waals surface area contributed by atoms with E-state index in [1.807, 2.05) is 18.2 Å². The monoisotopic (exact) mass is 313 g/mol. The Morgan fingerprint density at radius 3 is 2.45 bits per heavy atom. The number of amides is 1. The molecule has 0 radical (unpaired) electrons. The van der Waals surface area contributed by atoms with Crippen LogP contribution < -0.4 is 5.32 Å². The molecule has 0 atom stereocenters. The second-order valence-corrected chi connectivity index (χ2v) is 6.90. The molecule has 0 unspecified atom stereocenters. The summed E-state index contributed by atoms with van der Waals surface area (Å²) in [6.07, 6.45) is 3.45. The van der Waals surface area contributed by atoms with Crippen molar-refractivity contribution in [2.24, 2.45) is 0 Å². The largest absolute Gasteiger partial charge is 0.348 e. The highest BCUT2D eigenvalue weighted by molar-refractivity contribution is 7.10. The van der Waals surface area contributed by atoms with Gasteiger partial charge in [-0.2, -0.15) is 0 Å². The van der Waals surface area contributed by atoms with Crippen LogP contribution in [0.5, 0.6) is 0 Å². The molecule has 1 aromatic heterocycles. The van der Waals surface area contributed by atoms with Gasteiger partial charge in [-0.25, -0.2) is 0 Å². The molecule has 1 amide bonds. The quantitative estimate of drug-likeness (QED) is 0.788. The number of hydrogen-bond donors (Lipinski definition) is 1. The highest BCUT2D eigenvalue weighted by atomic mass is 32.1. The molecule has 0 aliphatic rings. The molecule has 0 fully saturated rings. The SMILES string of the molecule is Cc1scc(CNC(=O)/C=C/c2ccc(C(C)C)cc2)c1C. The van der Waals surface area contributed by atoms with Crippen molar-refractivity contribution in [2.45, 2.75) is 40.2 Å². The summed E-state index contributed by atoms with van der Waals surface area (Å²) in [5.74, 6) is 0.467. The summed E-state index contributed by atoms with van der Waals surface area (Å²) < 4.78 is 0. The lowest BCUT2D eigenvalue weighted by atomic mass is 10.0. The van der Waals surface area contributed by atoms with Gasteiger partial charge < -0.3 is 5.32 Å². The minimum absolute atomic E-state index is 0.0591. The van der Waals surface area contributed by atoms with E-state index in [2.05, 4.69) is 50.5 Å². The number of nitrogens with one attached hydrogen (secondary N) is 1. The first kappa shape index (κ1) is 16.5. The van der Waals surface area contributed by atoms with Crippen molar-refractivity contribution in [3.8, 4) is 0 Å². The molecule has 22 heavy (non-hydrogen) atoms. The molecule has 0 aliphatic heterocycles. The van der Waals surface area contributed by atoms with Crippen LogP contribution in [0.2, 0.25) is 0 Å². The fraction of sp³-hybridized carbons (Fsp3) is 0.316. The van der Waals surface area contributed by atoms with Crippen molar-refractivity contribution < 1.29 is 4.79 Å². The Labute approximate surface area is 136 Å².